The molecular weight excluding hydrogens is 467 g/mol. The number of aliphatic carboxylic acids is 1. The van der Waals surface area contributed by atoms with Gasteiger partial charge in [-0.25, -0.2) is 4.79 Å². The average Bonchev–Trinajstić information content (AvgIpc) is 2.77. The molecule has 0 aliphatic carbocycles. The first-order valence-corrected chi connectivity index (χ1v) is 11.1. The third-order valence-electron chi connectivity index (χ3n) is 5.50. The van der Waals surface area contributed by atoms with Crippen LogP contribution in [0.15, 0.2) is 42.5 Å². The van der Waals surface area contributed by atoms with Crippen LogP contribution < -0.4 is 10.1 Å². The van der Waals surface area contributed by atoms with Crippen molar-refractivity contribution in [2.75, 3.05) is 14.1 Å². The highest BCUT2D eigenvalue weighted by molar-refractivity contribution is 6.35. The molecule has 0 heterocycles. The van der Waals surface area contributed by atoms with E-state index in [1.165, 1.54) is 11.8 Å². The molecule has 0 aliphatic rings. The summed E-state index contributed by atoms with van der Waals surface area (Å²) in [5, 5.41) is 13.2. The number of rotatable bonds is 10. The molecule has 7 nitrogen and oxygen atoms in total. The predicted octanol–water partition coefficient (Wildman–Crippen LogP) is 4.19. The number of halogens is 2. The second-order valence-electron chi connectivity index (χ2n) is 8.09. The molecule has 9 heteroatoms. The van der Waals surface area contributed by atoms with Crippen molar-refractivity contribution in [2.45, 2.75) is 39.3 Å². The summed E-state index contributed by atoms with van der Waals surface area (Å²) in [5.41, 5.74) is 0.00212. The minimum absolute atomic E-state index is 0.0492. The molecule has 2 aromatic rings. The topological polar surface area (TPSA) is 95.9 Å². The lowest BCUT2D eigenvalue weighted by Crippen LogP contribution is -2.53. The Labute approximate surface area is 203 Å². The number of nitrogens with one attached hydrogen (secondary N) is 1. The van der Waals surface area contributed by atoms with Gasteiger partial charge in [-0.2, -0.15) is 0 Å². The quantitative estimate of drug-likeness (QED) is 0.482. The Morgan fingerprint density at radius 3 is 2.15 bits per heavy atom. The molecule has 2 amide bonds. The number of nitrogens with zero attached hydrogens (tertiary/aromatic N) is 1. The van der Waals surface area contributed by atoms with Crippen LogP contribution >= 0.6 is 23.2 Å². The van der Waals surface area contributed by atoms with Crippen molar-refractivity contribution in [3.63, 3.8) is 0 Å². The molecule has 2 aromatic carbocycles. The summed E-state index contributed by atoms with van der Waals surface area (Å²) < 4.78 is 5.74. The van der Waals surface area contributed by atoms with Crippen LogP contribution in [-0.4, -0.2) is 47.9 Å². The standard InChI is InChI=1S/C24H28Cl2N2O5/c1-5-24(2,23(32)28(3)4)22(31)27-20(21(29)30)13-15-9-11-16(12-10-15)33-14-17-18(25)7-6-8-19(17)26/h6-12,20H,5,13-14H2,1-4H3,(H,27,31)(H,29,30)/t20-,24?/m0/s1. The van der Waals surface area contributed by atoms with Crippen LogP contribution in [0, 0.1) is 5.41 Å². The monoisotopic (exact) mass is 494 g/mol. The molecule has 0 aliphatic heterocycles. The van der Waals surface area contributed by atoms with Crippen LogP contribution in [0.3, 0.4) is 0 Å². The lowest BCUT2D eigenvalue weighted by atomic mass is 9.84. The van der Waals surface area contributed by atoms with Gasteiger partial charge in [-0.1, -0.05) is 48.3 Å². The molecule has 0 saturated heterocycles. The zero-order chi connectivity index (χ0) is 24.8. The van der Waals surface area contributed by atoms with Crippen molar-refractivity contribution in [1.82, 2.24) is 10.2 Å². The molecular formula is C24H28Cl2N2O5. The number of carboxylic acid groups (broad SMARTS) is 1. The lowest BCUT2D eigenvalue weighted by molar-refractivity contribution is -0.151. The SMILES string of the molecule is CCC(C)(C(=O)N[C@@H](Cc1ccc(OCc2c(Cl)cccc2Cl)cc1)C(=O)O)C(=O)N(C)C. The van der Waals surface area contributed by atoms with Gasteiger partial charge in [0.1, 0.15) is 23.8 Å². The number of hydrogen-bond donors (Lipinski definition) is 2. The predicted molar refractivity (Wildman–Crippen MR) is 128 cm³/mol. The number of amides is 2. The molecule has 2 rings (SSSR count). The summed E-state index contributed by atoms with van der Waals surface area (Å²) >= 11 is 12.3. The second-order valence-corrected chi connectivity index (χ2v) is 8.90. The maximum Gasteiger partial charge on any atom is 0.326 e. The molecule has 178 valence electrons. The molecule has 1 unspecified atom stereocenters. The smallest absolute Gasteiger partial charge is 0.326 e. The van der Waals surface area contributed by atoms with E-state index in [2.05, 4.69) is 5.32 Å². The number of ether oxygens (including phenoxy) is 1. The van der Waals surface area contributed by atoms with E-state index in [1.54, 1.807) is 63.5 Å². The Morgan fingerprint density at radius 1 is 1.09 bits per heavy atom. The van der Waals surface area contributed by atoms with Crippen LogP contribution in [0.4, 0.5) is 0 Å². The fraction of sp³-hybridized carbons (Fsp3) is 0.375. The number of hydrogen-bond acceptors (Lipinski definition) is 4. The fourth-order valence-electron chi connectivity index (χ4n) is 3.20. The van der Waals surface area contributed by atoms with Crippen molar-refractivity contribution >= 4 is 41.0 Å². The number of benzene rings is 2. The molecule has 2 atom stereocenters. The van der Waals surface area contributed by atoms with Gasteiger partial charge in [0.2, 0.25) is 11.8 Å². The minimum Gasteiger partial charge on any atom is -0.489 e. The van der Waals surface area contributed by atoms with Crippen LogP contribution in [0.2, 0.25) is 10.0 Å². The van der Waals surface area contributed by atoms with Crippen molar-refractivity contribution in [1.29, 1.82) is 0 Å². The Morgan fingerprint density at radius 2 is 1.67 bits per heavy atom. The van der Waals surface area contributed by atoms with E-state index >= 15 is 0 Å². The molecule has 0 fully saturated rings. The number of carbonyl (C=O) groups is 3. The second kappa shape index (κ2) is 11.4. The zero-order valence-corrected chi connectivity index (χ0v) is 20.5. The molecule has 0 saturated carbocycles. The van der Waals surface area contributed by atoms with Gasteiger partial charge < -0.3 is 20.1 Å². The molecule has 0 bridgehead atoms. The maximum atomic E-state index is 12.8. The van der Waals surface area contributed by atoms with Gasteiger partial charge in [-0.05, 0) is 43.2 Å². The average molecular weight is 495 g/mol. The van der Waals surface area contributed by atoms with E-state index in [0.29, 0.717) is 26.9 Å². The van der Waals surface area contributed by atoms with Crippen LogP contribution in [0.25, 0.3) is 0 Å². The van der Waals surface area contributed by atoms with E-state index in [4.69, 9.17) is 27.9 Å². The third-order valence-corrected chi connectivity index (χ3v) is 6.21. The van der Waals surface area contributed by atoms with Gasteiger partial charge in [0, 0.05) is 36.1 Å². The minimum atomic E-state index is -1.35. The molecule has 0 radical (unpaired) electrons. The third kappa shape index (κ3) is 6.62. The fourth-order valence-corrected chi connectivity index (χ4v) is 3.71. The molecule has 0 spiro atoms. The van der Waals surface area contributed by atoms with E-state index in [9.17, 15) is 19.5 Å². The summed E-state index contributed by atoms with van der Waals surface area (Å²) in [6.45, 7) is 3.41. The zero-order valence-electron chi connectivity index (χ0n) is 19.0. The highest BCUT2D eigenvalue weighted by Gasteiger charge is 2.41. The van der Waals surface area contributed by atoms with Gasteiger partial charge in [-0.15, -0.1) is 0 Å². The van der Waals surface area contributed by atoms with Crippen LogP contribution in [-0.2, 0) is 27.4 Å². The van der Waals surface area contributed by atoms with Gasteiger partial charge in [0.25, 0.3) is 0 Å². The highest BCUT2D eigenvalue weighted by Crippen LogP contribution is 2.27. The maximum absolute atomic E-state index is 12.8. The normalized spacial score (nSPS) is 13.5. The number of carboxylic acids is 1. The molecule has 33 heavy (non-hydrogen) atoms. The van der Waals surface area contributed by atoms with Crippen molar-refractivity contribution in [3.05, 3.63) is 63.6 Å². The number of carbonyl (C=O) groups excluding carboxylic acids is 2. The molecule has 2 N–H and O–H groups in total. The Bertz CT molecular complexity index is 990. The Kier molecular flexibility index (Phi) is 9.14. The highest BCUT2D eigenvalue weighted by atomic mass is 35.5. The van der Waals surface area contributed by atoms with Crippen molar-refractivity contribution in [3.8, 4) is 5.75 Å². The summed E-state index contributed by atoms with van der Waals surface area (Å²) in [6, 6.07) is 10.9. The largest absolute Gasteiger partial charge is 0.489 e. The first kappa shape index (κ1) is 26.5. The Hall–Kier alpha value is -2.77. The molecule has 0 aromatic heterocycles. The first-order valence-electron chi connectivity index (χ1n) is 10.4. The van der Waals surface area contributed by atoms with Gasteiger partial charge in [0.15, 0.2) is 0 Å². The van der Waals surface area contributed by atoms with Crippen molar-refractivity contribution in [2.24, 2.45) is 5.41 Å². The summed E-state index contributed by atoms with van der Waals surface area (Å²) in [7, 11) is 3.11. The van der Waals surface area contributed by atoms with E-state index in [1.807, 2.05) is 0 Å². The van der Waals surface area contributed by atoms with Gasteiger partial charge in [-0.3, -0.25) is 9.59 Å². The lowest BCUT2D eigenvalue weighted by Gasteiger charge is -2.30. The van der Waals surface area contributed by atoms with Crippen LogP contribution in [0.1, 0.15) is 31.4 Å². The Balaban J connectivity index is 2.07. The first-order chi connectivity index (χ1) is 15.5. The summed E-state index contributed by atoms with van der Waals surface area (Å²) in [6.07, 6.45) is 0.289. The van der Waals surface area contributed by atoms with Gasteiger partial charge in [0.05, 0.1) is 0 Å². The summed E-state index contributed by atoms with van der Waals surface area (Å²) in [4.78, 5) is 38.4. The van der Waals surface area contributed by atoms with Gasteiger partial charge >= 0.3 is 5.97 Å². The summed E-state index contributed by atoms with van der Waals surface area (Å²) in [5.74, 6) is -1.63. The van der Waals surface area contributed by atoms with E-state index in [-0.39, 0.29) is 25.4 Å². The van der Waals surface area contributed by atoms with E-state index in [0.717, 1.165) is 0 Å². The van der Waals surface area contributed by atoms with Crippen LogP contribution in [0.5, 0.6) is 5.75 Å². The van der Waals surface area contributed by atoms with E-state index < -0.39 is 23.3 Å². The van der Waals surface area contributed by atoms with Crippen molar-refractivity contribution < 1.29 is 24.2 Å².